The number of amides is 1. The molecule has 0 fully saturated rings. The standard InChI is InChI=1S/C16H14N4O6/c1-8-9(7-19(2)16(23)12-4-3-5-26-12)13-10(6-11(8)20(24)25)17-14(21)15(22)18-13/h3-6H,7H2,1-2H3,(H,17,21)(H,18,22). The van der Waals surface area contributed by atoms with E-state index in [9.17, 15) is 24.5 Å². The second-order valence-corrected chi connectivity index (χ2v) is 5.73. The van der Waals surface area contributed by atoms with E-state index < -0.39 is 21.9 Å². The Balaban J connectivity index is 2.16. The Morgan fingerprint density at radius 3 is 2.62 bits per heavy atom. The number of furan rings is 1. The number of H-pyrrole nitrogens is 2. The van der Waals surface area contributed by atoms with Crippen molar-refractivity contribution in [2.75, 3.05) is 7.05 Å². The van der Waals surface area contributed by atoms with Gasteiger partial charge in [0, 0.05) is 30.8 Å². The van der Waals surface area contributed by atoms with Crippen LogP contribution < -0.4 is 11.1 Å². The lowest BCUT2D eigenvalue weighted by Crippen LogP contribution is -2.31. The second-order valence-electron chi connectivity index (χ2n) is 5.73. The molecule has 3 aromatic rings. The maximum Gasteiger partial charge on any atom is 0.314 e. The fraction of sp³-hybridized carbons (Fsp3) is 0.188. The number of aromatic nitrogens is 2. The normalized spacial score (nSPS) is 10.8. The van der Waals surface area contributed by atoms with E-state index in [-0.39, 0.29) is 34.6 Å². The summed E-state index contributed by atoms with van der Waals surface area (Å²) in [5.41, 5.74) is -1.05. The molecule has 0 aliphatic carbocycles. The molecule has 0 saturated carbocycles. The zero-order valence-corrected chi connectivity index (χ0v) is 13.9. The summed E-state index contributed by atoms with van der Waals surface area (Å²) in [5, 5.41) is 11.3. The van der Waals surface area contributed by atoms with Crippen LogP contribution in [0, 0.1) is 17.0 Å². The Morgan fingerprint density at radius 2 is 2.00 bits per heavy atom. The lowest BCUT2D eigenvalue weighted by molar-refractivity contribution is -0.385. The van der Waals surface area contributed by atoms with Gasteiger partial charge in [0.05, 0.1) is 22.2 Å². The van der Waals surface area contributed by atoms with E-state index in [1.54, 1.807) is 6.07 Å². The minimum atomic E-state index is -0.915. The summed E-state index contributed by atoms with van der Waals surface area (Å²) in [4.78, 5) is 52.4. The van der Waals surface area contributed by atoms with Crippen LogP contribution in [0.25, 0.3) is 11.0 Å². The van der Waals surface area contributed by atoms with Crippen molar-refractivity contribution in [1.29, 1.82) is 0 Å². The van der Waals surface area contributed by atoms with Gasteiger partial charge in [0.2, 0.25) is 0 Å². The molecule has 0 unspecified atom stereocenters. The number of rotatable bonds is 4. The molecule has 10 heteroatoms. The largest absolute Gasteiger partial charge is 0.459 e. The molecule has 2 aromatic heterocycles. The Kier molecular flexibility index (Phi) is 4.16. The Labute approximate surface area is 145 Å². The van der Waals surface area contributed by atoms with Crippen molar-refractivity contribution in [1.82, 2.24) is 14.9 Å². The molecule has 0 spiro atoms. The van der Waals surface area contributed by atoms with E-state index in [1.807, 2.05) is 0 Å². The van der Waals surface area contributed by atoms with Crippen LogP contribution in [0.2, 0.25) is 0 Å². The summed E-state index contributed by atoms with van der Waals surface area (Å²) in [6.45, 7) is 1.48. The molecule has 0 saturated heterocycles. The van der Waals surface area contributed by atoms with E-state index in [2.05, 4.69) is 9.97 Å². The van der Waals surface area contributed by atoms with Crippen LogP contribution in [0.4, 0.5) is 5.69 Å². The van der Waals surface area contributed by atoms with Crippen molar-refractivity contribution in [2.24, 2.45) is 0 Å². The van der Waals surface area contributed by atoms with Gasteiger partial charge in [0.25, 0.3) is 11.6 Å². The van der Waals surface area contributed by atoms with Gasteiger partial charge in [0.1, 0.15) is 0 Å². The smallest absolute Gasteiger partial charge is 0.314 e. The van der Waals surface area contributed by atoms with Crippen molar-refractivity contribution in [3.63, 3.8) is 0 Å². The first-order valence-electron chi connectivity index (χ1n) is 7.51. The first kappa shape index (κ1) is 17.1. The number of benzene rings is 1. The van der Waals surface area contributed by atoms with E-state index >= 15 is 0 Å². The van der Waals surface area contributed by atoms with Crippen LogP contribution in [0.5, 0.6) is 0 Å². The van der Waals surface area contributed by atoms with Gasteiger partial charge in [-0.1, -0.05) is 0 Å². The fourth-order valence-corrected chi connectivity index (χ4v) is 2.70. The molecule has 2 heterocycles. The van der Waals surface area contributed by atoms with Crippen LogP contribution >= 0.6 is 0 Å². The van der Waals surface area contributed by atoms with E-state index in [0.717, 1.165) is 0 Å². The van der Waals surface area contributed by atoms with E-state index in [1.165, 1.54) is 37.3 Å². The number of carbonyl (C=O) groups excluding carboxylic acids is 1. The van der Waals surface area contributed by atoms with Crippen molar-refractivity contribution in [2.45, 2.75) is 13.5 Å². The molecule has 2 N–H and O–H groups in total. The molecule has 0 bridgehead atoms. The average Bonchev–Trinajstić information content (AvgIpc) is 3.12. The second kappa shape index (κ2) is 6.31. The van der Waals surface area contributed by atoms with Gasteiger partial charge >= 0.3 is 11.1 Å². The molecule has 0 aliphatic heterocycles. The Bertz CT molecular complexity index is 1130. The topological polar surface area (TPSA) is 142 Å². The summed E-state index contributed by atoms with van der Waals surface area (Å²) < 4.78 is 5.06. The number of nitrogens with zero attached hydrogens (tertiary/aromatic N) is 2. The number of nitro benzene ring substituents is 1. The van der Waals surface area contributed by atoms with Crippen molar-refractivity contribution in [3.05, 3.63) is 72.2 Å². The number of nitro groups is 1. The minimum absolute atomic E-state index is 0.0362. The predicted molar refractivity (Wildman–Crippen MR) is 91.1 cm³/mol. The highest BCUT2D eigenvalue weighted by Gasteiger charge is 2.23. The van der Waals surface area contributed by atoms with E-state index in [0.29, 0.717) is 5.56 Å². The van der Waals surface area contributed by atoms with Gasteiger partial charge in [-0.05, 0) is 19.1 Å². The fourth-order valence-electron chi connectivity index (χ4n) is 2.70. The predicted octanol–water partition coefficient (Wildman–Crippen LogP) is 1.30. The van der Waals surface area contributed by atoms with Gasteiger partial charge in [-0.2, -0.15) is 0 Å². The van der Waals surface area contributed by atoms with Gasteiger partial charge < -0.3 is 19.3 Å². The summed E-state index contributed by atoms with van der Waals surface area (Å²) in [6.07, 6.45) is 1.36. The van der Waals surface area contributed by atoms with Crippen molar-refractivity contribution in [3.8, 4) is 0 Å². The number of hydrogen-bond acceptors (Lipinski definition) is 6. The number of carbonyl (C=O) groups is 1. The monoisotopic (exact) mass is 358 g/mol. The quantitative estimate of drug-likeness (QED) is 0.409. The van der Waals surface area contributed by atoms with Gasteiger partial charge in [-0.25, -0.2) is 0 Å². The minimum Gasteiger partial charge on any atom is -0.459 e. The van der Waals surface area contributed by atoms with E-state index in [4.69, 9.17) is 4.42 Å². The van der Waals surface area contributed by atoms with Gasteiger partial charge in [0.15, 0.2) is 5.76 Å². The van der Waals surface area contributed by atoms with Crippen molar-refractivity contribution < 1.29 is 14.1 Å². The zero-order valence-electron chi connectivity index (χ0n) is 13.9. The number of hydrogen-bond donors (Lipinski definition) is 2. The molecule has 0 atom stereocenters. The Morgan fingerprint density at radius 1 is 1.31 bits per heavy atom. The third-order valence-corrected chi connectivity index (χ3v) is 4.05. The maximum atomic E-state index is 12.4. The maximum absolute atomic E-state index is 12.4. The third kappa shape index (κ3) is 2.88. The first-order chi connectivity index (χ1) is 12.3. The Hall–Kier alpha value is -3.69. The van der Waals surface area contributed by atoms with Crippen LogP contribution in [0.15, 0.2) is 38.5 Å². The highest BCUT2D eigenvalue weighted by atomic mass is 16.6. The molecule has 1 aromatic carbocycles. The van der Waals surface area contributed by atoms with Crippen LogP contribution in [0.1, 0.15) is 21.7 Å². The van der Waals surface area contributed by atoms with Crippen LogP contribution in [-0.2, 0) is 6.54 Å². The summed E-state index contributed by atoms with van der Waals surface area (Å²) in [7, 11) is 1.50. The molecular weight excluding hydrogens is 344 g/mol. The molecule has 1 amide bonds. The average molecular weight is 358 g/mol. The summed E-state index contributed by atoms with van der Waals surface area (Å²) in [6, 6.07) is 4.24. The summed E-state index contributed by atoms with van der Waals surface area (Å²) in [5.74, 6) is -0.317. The third-order valence-electron chi connectivity index (χ3n) is 4.05. The molecule has 0 radical (unpaired) electrons. The molecule has 134 valence electrons. The molecule has 0 aliphatic rings. The number of nitrogens with one attached hydrogen (secondary N) is 2. The van der Waals surface area contributed by atoms with Gasteiger partial charge in [-0.3, -0.25) is 24.5 Å². The lowest BCUT2D eigenvalue weighted by Gasteiger charge is -2.18. The van der Waals surface area contributed by atoms with Crippen LogP contribution in [0.3, 0.4) is 0 Å². The first-order valence-corrected chi connectivity index (χ1v) is 7.51. The van der Waals surface area contributed by atoms with Gasteiger partial charge in [-0.15, -0.1) is 0 Å². The highest BCUT2D eigenvalue weighted by molar-refractivity contribution is 5.91. The van der Waals surface area contributed by atoms with Crippen molar-refractivity contribution >= 4 is 22.6 Å². The molecule has 3 rings (SSSR count). The zero-order chi connectivity index (χ0) is 19.0. The number of fused-ring (bicyclic) bond motifs is 1. The number of aromatic amines is 2. The van der Waals surface area contributed by atoms with Crippen LogP contribution in [-0.4, -0.2) is 32.7 Å². The SMILES string of the molecule is Cc1c([N+](=O)[O-])cc2[nH]c(=O)c(=O)[nH]c2c1CN(C)C(=O)c1ccco1. The molecular formula is C16H14N4O6. The lowest BCUT2D eigenvalue weighted by atomic mass is 10.0. The molecule has 26 heavy (non-hydrogen) atoms. The molecule has 10 nitrogen and oxygen atoms in total. The summed E-state index contributed by atoms with van der Waals surface area (Å²) >= 11 is 0. The highest BCUT2D eigenvalue weighted by Crippen LogP contribution is 2.28.